The van der Waals surface area contributed by atoms with Gasteiger partial charge in [-0.15, -0.1) is 11.3 Å². The van der Waals surface area contributed by atoms with E-state index in [1.54, 1.807) is 23.5 Å². The fourth-order valence-electron chi connectivity index (χ4n) is 3.41. The highest BCUT2D eigenvalue weighted by Crippen LogP contribution is 2.28. The molecular formula is C24H29N3O2S. The first-order valence-electron chi connectivity index (χ1n) is 10.5. The molecule has 0 amide bonds. The lowest BCUT2D eigenvalue weighted by Crippen LogP contribution is -2.20. The van der Waals surface area contributed by atoms with Gasteiger partial charge in [0.15, 0.2) is 4.80 Å². The summed E-state index contributed by atoms with van der Waals surface area (Å²) in [6.07, 6.45) is 3.19. The second kappa shape index (κ2) is 9.85. The van der Waals surface area contributed by atoms with Crippen LogP contribution in [0.4, 0.5) is 11.4 Å². The van der Waals surface area contributed by atoms with E-state index in [9.17, 15) is 10.1 Å². The normalized spacial score (nSPS) is 13.0. The molecule has 3 aromatic rings. The number of thiazole rings is 1. The van der Waals surface area contributed by atoms with Crippen LogP contribution in [0.3, 0.4) is 0 Å². The third kappa shape index (κ3) is 5.25. The van der Waals surface area contributed by atoms with E-state index in [1.165, 1.54) is 5.56 Å². The highest BCUT2D eigenvalue weighted by atomic mass is 32.1. The van der Waals surface area contributed by atoms with Crippen molar-refractivity contribution in [1.29, 1.82) is 0 Å². The summed E-state index contributed by atoms with van der Waals surface area (Å²) < 4.78 is 2.28. The monoisotopic (exact) mass is 423 g/mol. The van der Waals surface area contributed by atoms with Crippen LogP contribution in [0.2, 0.25) is 0 Å². The summed E-state index contributed by atoms with van der Waals surface area (Å²) in [4.78, 5) is 16.5. The van der Waals surface area contributed by atoms with Gasteiger partial charge in [-0.3, -0.25) is 10.1 Å². The lowest BCUT2D eigenvalue weighted by molar-refractivity contribution is -0.384. The Bertz CT molecular complexity index is 1050. The van der Waals surface area contributed by atoms with Gasteiger partial charge in [-0.05, 0) is 67.5 Å². The van der Waals surface area contributed by atoms with Crippen molar-refractivity contribution < 1.29 is 4.92 Å². The molecule has 1 atom stereocenters. The van der Waals surface area contributed by atoms with Crippen molar-refractivity contribution in [2.45, 2.75) is 53.0 Å². The Morgan fingerprint density at radius 2 is 1.70 bits per heavy atom. The third-order valence-electron chi connectivity index (χ3n) is 5.29. The standard InChI is InChI=1S/C24H29N3O2S/c1-5-19-8-12-21(13-9-19)25-24-26(18(4)7-6-17(2)3)23(16-30-24)20-10-14-22(15-11-20)27(28)29/h8-18H,5-7H2,1-4H3. The molecule has 0 aliphatic rings. The van der Waals surface area contributed by atoms with Crippen LogP contribution in [0.5, 0.6) is 0 Å². The first-order chi connectivity index (χ1) is 14.4. The number of nitro benzene ring substituents is 1. The fraction of sp³-hybridized carbons (Fsp3) is 0.375. The van der Waals surface area contributed by atoms with Crippen LogP contribution in [-0.4, -0.2) is 9.49 Å². The first-order valence-corrected chi connectivity index (χ1v) is 11.4. The smallest absolute Gasteiger partial charge is 0.269 e. The summed E-state index contributed by atoms with van der Waals surface area (Å²) in [5.74, 6) is 0.636. The number of non-ortho nitro benzene ring substituents is 1. The van der Waals surface area contributed by atoms with E-state index in [-0.39, 0.29) is 16.7 Å². The number of aryl methyl sites for hydroxylation is 1. The molecule has 0 fully saturated rings. The van der Waals surface area contributed by atoms with E-state index in [1.807, 2.05) is 12.1 Å². The minimum absolute atomic E-state index is 0.106. The average Bonchev–Trinajstić information content (AvgIpc) is 3.16. The Hall–Kier alpha value is -2.73. The van der Waals surface area contributed by atoms with Crippen molar-refractivity contribution in [3.8, 4) is 11.3 Å². The van der Waals surface area contributed by atoms with Crippen LogP contribution < -0.4 is 4.80 Å². The van der Waals surface area contributed by atoms with Crippen LogP contribution in [0, 0.1) is 16.0 Å². The third-order valence-corrected chi connectivity index (χ3v) is 6.13. The van der Waals surface area contributed by atoms with E-state index >= 15 is 0 Å². The van der Waals surface area contributed by atoms with Gasteiger partial charge in [-0.25, -0.2) is 4.99 Å². The number of rotatable bonds is 8. The molecule has 5 nitrogen and oxygen atoms in total. The summed E-state index contributed by atoms with van der Waals surface area (Å²) in [6.45, 7) is 8.85. The predicted octanol–water partition coefficient (Wildman–Crippen LogP) is 6.92. The SMILES string of the molecule is CCc1ccc(N=c2scc(-c3ccc([N+](=O)[O-])cc3)n2C(C)CCC(C)C)cc1. The zero-order valence-electron chi connectivity index (χ0n) is 18.0. The van der Waals surface area contributed by atoms with Crippen LogP contribution in [0.1, 0.15) is 52.1 Å². The van der Waals surface area contributed by atoms with Crippen molar-refractivity contribution in [1.82, 2.24) is 4.57 Å². The van der Waals surface area contributed by atoms with Crippen molar-refractivity contribution in [3.05, 3.63) is 74.4 Å². The average molecular weight is 424 g/mol. The van der Waals surface area contributed by atoms with Crippen LogP contribution >= 0.6 is 11.3 Å². The number of benzene rings is 2. The van der Waals surface area contributed by atoms with E-state index in [0.717, 1.165) is 41.0 Å². The van der Waals surface area contributed by atoms with Crippen LogP contribution in [-0.2, 0) is 6.42 Å². The molecule has 1 aromatic heterocycles. The maximum absolute atomic E-state index is 11.0. The largest absolute Gasteiger partial charge is 0.314 e. The minimum atomic E-state index is -0.364. The lowest BCUT2D eigenvalue weighted by atomic mass is 10.0. The molecule has 0 saturated carbocycles. The Balaban J connectivity index is 2.05. The van der Waals surface area contributed by atoms with Gasteiger partial charge in [0, 0.05) is 23.6 Å². The van der Waals surface area contributed by atoms with Gasteiger partial charge in [-0.1, -0.05) is 32.9 Å². The van der Waals surface area contributed by atoms with Gasteiger partial charge >= 0.3 is 0 Å². The van der Waals surface area contributed by atoms with Gasteiger partial charge in [0.2, 0.25) is 0 Å². The minimum Gasteiger partial charge on any atom is -0.314 e. The van der Waals surface area contributed by atoms with Crippen molar-refractivity contribution in [2.24, 2.45) is 10.9 Å². The predicted molar refractivity (Wildman–Crippen MR) is 124 cm³/mol. The molecule has 1 heterocycles. The second-order valence-electron chi connectivity index (χ2n) is 8.03. The van der Waals surface area contributed by atoms with Crippen molar-refractivity contribution >= 4 is 22.7 Å². The van der Waals surface area contributed by atoms with E-state index in [0.29, 0.717) is 5.92 Å². The van der Waals surface area contributed by atoms with Gasteiger partial charge in [-0.2, -0.15) is 0 Å². The van der Waals surface area contributed by atoms with E-state index in [4.69, 9.17) is 4.99 Å². The molecule has 0 saturated heterocycles. The van der Waals surface area contributed by atoms with Crippen LogP contribution in [0.15, 0.2) is 58.9 Å². The fourth-order valence-corrected chi connectivity index (χ4v) is 4.43. The van der Waals surface area contributed by atoms with Crippen molar-refractivity contribution in [2.75, 3.05) is 0 Å². The molecule has 0 aliphatic heterocycles. The summed E-state index contributed by atoms with van der Waals surface area (Å²) >= 11 is 1.61. The highest BCUT2D eigenvalue weighted by molar-refractivity contribution is 7.07. The van der Waals surface area contributed by atoms with Gasteiger partial charge < -0.3 is 4.57 Å². The Morgan fingerprint density at radius 1 is 1.03 bits per heavy atom. The summed E-state index contributed by atoms with van der Waals surface area (Å²) in [5.41, 5.74) is 4.36. The summed E-state index contributed by atoms with van der Waals surface area (Å²) in [7, 11) is 0. The first kappa shape index (κ1) is 22.0. The molecule has 1 unspecified atom stereocenters. The Kier molecular flexibility index (Phi) is 7.21. The molecule has 6 heteroatoms. The number of aromatic nitrogens is 1. The van der Waals surface area contributed by atoms with E-state index in [2.05, 4.69) is 61.9 Å². The summed E-state index contributed by atoms with van der Waals surface area (Å²) in [6, 6.07) is 15.4. The molecule has 3 rings (SSSR count). The zero-order chi connectivity index (χ0) is 21.7. The molecule has 0 spiro atoms. The quantitative estimate of drug-likeness (QED) is 0.292. The molecule has 2 aromatic carbocycles. The molecule has 30 heavy (non-hydrogen) atoms. The number of nitrogens with zero attached hydrogens (tertiary/aromatic N) is 3. The van der Waals surface area contributed by atoms with E-state index < -0.39 is 0 Å². The molecule has 0 radical (unpaired) electrons. The second-order valence-corrected chi connectivity index (χ2v) is 8.87. The zero-order valence-corrected chi connectivity index (χ0v) is 18.9. The van der Waals surface area contributed by atoms with Crippen LogP contribution in [0.25, 0.3) is 11.3 Å². The van der Waals surface area contributed by atoms with Gasteiger partial charge in [0.25, 0.3) is 5.69 Å². The summed E-state index contributed by atoms with van der Waals surface area (Å²) in [5, 5.41) is 13.1. The topological polar surface area (TPSA) is 60.4 Å². The molecule has 158 valence electrons. The highest BCUT2D eigenvalue weighted by Gasteiger charge is 2.16. The Morgan fingerprint density at radius 3 is 2.27 bits per heavy atom. The number of hydrogen-bond donors (Lipinski definition) is 0. The Labute approximate surface area is 181 Å². The number of hydrogen-bond acceptors (Lipinski definition) is 4. The molecule has 0 bridgehead atoms. The molecular weight excluding hydrogens is 394 g/mol. The maximum atomic E-state index is 11.0. The van der Waals surface area contributed by atoms with Gasteiger partial charge in [0.05, 0.1) is 16.3 Å². The lowest BCUT2D eigenvalue weighted by Gasteiger charge is -2.18. The maximum Gasteiger partial charge on any atom is 0.269 e. The molecule has 0 N–H and O–H groups in total. The number of nitro groups is 1. The van der Waals surface area contributed by atoms with Crippen molar-refractivity contribution in [3.63, 3.8) is 0 Å². The molecule has 0 aliphatic carbocycles. The van der Waals surface area contributed by atoms with Gasteiger partial charge in [0.1, 0.15) is 0 Å².